The summed E-state index contributed by atoms with van der Waals surface area (Å²) in [5, 5.41) is 11.1. The fraction of sp³-hybridized carbons (Fsp3) is 0.467. The van der Waals surface area contributed by atoms with E-state index in [1.165, 1.54) is 4.90 Å². The van der Waals surface area contributed by atoms with Crippen molar-refractivity contribution >= 4 is 29.3 Å². The highest BCUT2D eigenvalue weighted by molar-refractivity contribution is 6.34. The lowest BCUT2D eigenvalue weighted by Gasteiger charge is -2.24. The van der Waals surface area contributed by atoms with Crippen LogP contribution >= 0.6 is 11.6 Å². The highest BCUT2D eigenvalue weighted by atomic mass is 35.5. The van der Waals surface area contributed by atoms with Crippen LogP contribution in [0.5, 0.6) is 0 Å². The van der Waals surface area contributed by atoms with Gasteiger partial charge in [-0.05, 0) is 30.9 Å². The van der Waals surface area contributed by atoms with E-state index in [4.69, 9.17) is 17.0 Å². The molecule has 0 aliphatic carbocycles. The number of amides is 2. The van der Waals surface area contributed by atoms with Crippen molar-refractivity contribution in [2.75, 3.05) is 25.0 Å². The molecule has 0 atom stereocenters. The maximum Gasteiger partial charge on any atom is 0.328 e. The SMILES string of the molecule is CCc1cccc(Cl)c1N(C)C(=O)NC(=N)N1CCCC1. The first kappa shape index (κ1) is 15.6. The monoisotopic (exact) mass is 308 g/mol. The number of nitrogens with zero attached hydrogens (tertiary/aromatic N) is 2. The smallest absolute Gasteiger partial charge is 0.328 e. The van der Waals surface area contributed by atoms with Gasteiger partial charge in [0.15, 0.2) is 5.96 Å². The Morgan fingerprint density at radius 3 is 2.71 bits per heavy atom. The van der Waals surface area contributed by atoms with Gasteiger partial charge in [0, 0.05) is 20.1 Å². The molecule has 114 valence electrons. The fourth-order valence-corrected chi connectivity index (χ4v) is 2.85. The summed E-state index contributed by atoms with van der Waals surface area (Å²) >= 11 is 6.22. The Morgan fingerprint density at radius 2 is 2.10 bits per heavy atom. The lowest BCUT2D eigenvalue weighted by molar-refractivity contribution is 0.250. The lowest BCUT2D eigenvalue weighted by Crippen LogP contribution is -2.47. The average molecular weight is 309 g/mol. The first-order valence-corrected chi connectivity index (χ1v) is 7.58. The van der Waals surface area contributed by atoms with Crippen molar-refractivity contribution in [3.8, 4) is 0 Å². The largest absolute Gasteiger partial charge is 0.343 e. The van der Waals surface area contributed by atoms with Gasteiger partial charge in [-0.1, -0.05) is 30.7 Å². The highest BCUT2D eigenvalue weighted by Gasteiger charge is 2.21. The molecule has 0 spiro atoms. The number of para-hydroxylation sites is 1. The molecule has 1 aromatic carbocycles. The second-order valence-corrected chi connectivity index (χ2v) is 5.54. The summed E-state index contributed by atoms with van der Waals surface area (Å²) in [6.07, 6.45) is 2.92. The molecule has 1 saturated heterocycles. The Balaban J connectivity index is 2.10. The third kappa shape index (κ3) is 3.47. The van der Waals surface area contributed by atoms with E-state index in [1.807, 2.05) is 24.0 Å². The summed E-state index contributed by atoms with van der Waals surface area (Å²) < 4.78 is 0. The van der Waals surface area contributed by atoms with Crippen molar-refractivity contribution in [1.82, 2.24) is 10.2 Å². The first-order valence-electron chi connectivity index (χ1n) is 7.20. The molecule has 1 aliphatic heterocycles. The molecule has 1 aliphatic rings. The van der Waals surface area contributed by atoms with E-state index in [0.717, 1.165) is 37.9 Å². The van der Waals surface area contributed by atoms with Gasteiger partial charge in [0.2, 0.25) is 0 Å². The minimum absolute atomic E-state index is 0.162. The van der Waals surface area contributed by atoms with Crippen molar-refractivity contribution in [3.63, 3.8) is 0 Å². The first-order chi connectivity index (χ1) is 10.0. The molecule has 0 aromatic heterocycles. The molecule has 2 rings (SSSR count). The van der Waals surface area contributed by atoms with Crippen molar-refractivity contribution in [2.24, 2.45) is 0 Å². The number of hydrogen-bond donors (Lipinski definition) is 2. The minimum Gasteiger partial charge on any atom is -0.343 e. The normalized spacial score (nSPS) is 14.1. The number of carbonyl (C=O) groups excluding carboxylic acids is 1. The number of rotatable bonds is 2. The Kier molecular flexibility index (Phi) is 5.07. The van der Waals surface area contributed by atoms with E-state index in [1.54, 1.807) is 13.1 Å². The highest BCUT2D eigenvalue weighted by Crippen LogP contribution is 2.29. The van der Waals surface area contributed by atoms with Crippen LogP contribution in [0.2, 0.25) is 5.02 Å². The van der Waals surface area contributed by atoms with Crippen molar-refractivity contribution in [3.05, 3.63) is 28.8 Å². The lowest BCUT2D eigenvalue weighted by atomic mass is 10.1. The van der Waals surface area contributed by atoms with Crippen molar-refractivity contribution in [1.29, 1.82) is 5.41 Å². The Labute approximate surface area is 130 Å². The number of likely N-dealkylation sites (tertiary alicyclic amines) is 1. The fourth-order valence-electron chi connectivity index (χ4n) is 2.53. The zero-order valence-electron chi connectivity index (χ0n) is 12.4. The molecule has 0 unspecified atom stereocenters. The number of halogens is 1. The topological polar surface area (TPSA) is 59.4 Å². The van der Waals surface area contributed by atoms with E-state index < -0.39 is 0 Å². The zero-order chi connectivity index (χ0) is 15.4. The molecular formula is C15H21ClN4O. The quantitative estimate of drug-likeness (QED) is 0.651. The summed E-state index contributed by atoms with van der Waals surface area (Å²) in [5.41, 5.74) is 1.71. The van der Waals surface area contributed by atoms with Gasteiger partial charge in [0.1, 0.15) is 0 Å². The van der Waals surface area contributed by atoms with Gasteiger partial charge < -0.3 is 4.90 Å². The van der Waals surface area contributed by atoms with Crippen LogP contribution in [0.25, 0.3) is 0 Å². The third-order valence-corrected chi connectivity index (χ3v) is 4.04. The molecule has 0 radical (unpaired) electrons. The van der Waals surface area contributed by atoms with Crippen LogP contribution < -0.4 is 10.2 Å². The molecule has 1 heterocycles. The van der Waals surface area contributed by atoms with Gasteiger partial charge in [-0.15, -0.1) is 0 Å². The van der Waals surface area contributed by atoms with Crippen LogP contribution in [0, 0.1) is 5.41 Å². The van der Waals surface area contributed by atoms with E-state index in [9.17, 15) is 4.79 Å². The number of guanidine groups is 1. The molecular weight excluding hydrogens is 288 g/mol. The molecule has 0 saturated carbocycles. The Bertz CT molecular complexity index is 540. The van der Waals surface area contributed by atoms with Gasteiger partial charge in [-0.25, -0.2) is 4.79 Å². The van der Waals surface area contributed by atoms with Crippen LogP contribution in [0.1, 0.15) is 25.3 Å². The van der Waals surface area contributed by atoms with E-state index in [2.05, 4.69) is 5.32 Å². The third-order valence-electron chi connectivity index (χ3n) is 3.74. The summed E-state index contributed by atoms with van der Waals surface area (Å²) in [4.78, 5) is 15.7. The van der Waals surface area contributed by atoms with Crippen LogP contribution in [0.4, 0.5) is 10.5 Å². The Morgan fingerprint density at radius 1 is 1.43 bits per heavy atom. The number of aryl methyl sites for hydroxylation is 1. The van der Waals surface area contributed by atoms with Crippen LogP contribution in [0.15, 0.2) is 18.2 Å². The number of carbonyl (C=O) groups is 1. The number of urea groups is 1. The number of nitrogens with one attached hydrogen (secondary N) is 2. The van der Waals surface area contributed by atoms with Crippen molar-refractivity contribution < 1.29 is 4.79 Å². The van der Waals surface area contributed by atoms with Crippen molar-refractivity contribution in [2.45, 2.75) is 26.2 Å². The molecule has 1 aromatic rings. The maximum absolute atomic E-state index is 12.3. The summed E-state index contributed by atoms with van der Waals surface area (Å²) in [6, 6.07) is 5.26. The summed E-state index contributed by atoms with van der Waals surface area (Å²) in [6.45, 7) is 3.68. The molecule has 1 fully saturated rings. The van der Waals surface area contributed by atoms with Gasteiger partial charge >= 0.3 is 6.03 Å². The number of benzene rings is 1. The van der Waals surface area contributed by atoms with Gasteiger partial charge in [0.25, 0.3) is 0 Å². The average Bonchev–Trinajstić information content (AvgIpc) is 3.00. The second kappa shape index (κ2) is 6.80. The summed E-state index contributed by atoms with van der Waals surface area (Å²) in [5.74, 6) is 0.162. The zero-order valence-corrected chi connectivity index (χ0v) is 13.2. The predicted octanol–water partition coefficient (Wildman–Crippen LogP) is 3.08. The van der Waals surface area contributed by atoms with Crippen LogP contribution in [-0.4, -0.2) is 37.0 Å². The van der Waals surface area contributed by atoms with E-state index in [0.29, 0.717) is 10.7 Å². The maximum atomic E-state index is 12.3. The molecule has 2 N–H and O–H groups in total. The minimum atomic E-state index is -0.338. The molecule has 5 nitrogen and oxygen atoms in total. The Hall–Kier alpha value is -1.75. The van der Waals surface area contributed by atoms with Gasteiger partial charge in [-0.3, -0.25) is 15.6 Å². The van der Waals surface area contributed by atoms with Crippen LogP contribution in [-0.2, 0) is 6.42 Å². The molecule has 0 bridgehead atoms. The predicted molar refractivity (Wildman–Crippen MR) is 86.3 cm³/mol. The van der Waals surface area contributed by atoms with E-state index in [-0.39, 0.29) is 12.0 Å². The number of anilines is 1. The summed E-state index contributed by atoms with van der Waals surface area (Å²) in [7, 11) is 1.67. The molecule has 6 heteroatoms. The standard InChI is InChI=1S/C15H21ClN4O/c1-3-11-7-6-8-12(16)13(11)19(2)15(21)18-14(17)20-9-4-5-10-20/h6-8H,3-5,9-10H2,1-2H3,(H2,17,18,21). The number of hydrogen-bond acceptors (Lipinski definition) is 2. The second-order valence-electron chi connectivity index (χ2n) is 5.13. The molecule has 2 amide bonds. The molecule has 21 heavy (non-hydrogen) atoms. The van der Waals surface area contributed by atoms with Gasteiger partial charge in [0.05, 0.1) is 10.7 Å². The van der Waals surface area contributed by atoms with Gasteiger partial charge in [-0.2, -0.15) is 0 Å². The van der Waals surface area contributed by atoms with Crippen LogP contribution in [0.3, 0.4) is 0 Å². The van der Waals surface area contributed by atoms with E-state index >= 15 is 0 Å².